The van der Waals surface area contributed by atoms with Crippen LogP contribution < -0.4 is 10.5 Å². The lowest BCUT2D eigenvalue weighted by Crippen LogP contribution is -2.36. The molecule has 1 aromatic carbocycles. The van der Waals surface area contributed by atoms with Gasteiger partial charge in [-0.25, -0.2) is 4.98 Å². The maximum Gasteiger partial charge on any atom is 0.282 e. The van der Waals surface area contributed by atoms with Crippen LogP contribution in [0.4, 0.5) is 5.69 Å². The molecule has 2 aliphatic rings. The predicted octanol–water partition coefficient (Wildman–Crippen LogP) is 3.06. The Labute approximate surface area is 167 Å². The highest BCUT2D eigenvalue weighted by atomic mass is 32.1. The number of thiophene rings is 1. The molecule has 7 heteroatoms. The number of nitrogens with zero attached hydrogens (tertiary/aromatic N) is 4. The summed E-state index contributed by atoms with van der Waals surface area (Å²) in [4.78, 5) is 21.9. The molecule has 2 aromatic heterocycles. The molecular weight excluding hydrogens is 372 g/mol. The Bertz CT molecular complexity index is 1080. The lowest BCUT2D eigenvalue weighted by Gasteiger charge is -2.28. The fourth-order valence-electron chi connectivity index (χ4n) is 3.94. The smallest absolute Gasteiger partial charge is 0.282 e. The molecule has 6 nitrogen and oxygen atoms in total. The summed E-state index contributed by atoms with van der Waals surface area (Å²) >= 11 is 1.66. The standard InChI is InChI=1S/C21H22N4O2S/c26-21-19-17-3-1-2-4-18(17)28-20(19)22-14-25(21)23-13-15-5-7-16(8-6-15)24-9-11-27-12-10-24/h5-8,13-14H,1-4,9-12H2/b23-13+. The van der Waals surface area contributed by atoms with Crippen LogP contribution in [0.3, 0.4) is 0 Å². The summed E-state index contributed by atoms with van der Waals surface area (Å²) in [6, 6.07) is 8.23. The highest BCUT2D eigenvalue weighted by molar-refractivity contribution is 7.18. The Morgan fingerprint density at radius 2 is 1.89 bits per heavy atom. The second-order valence-corrected chi connectivity index (χ2v) is 8.30. The van der Waals surface area contributed by atoms with Crippen LogP contribution in [0, 0.1) is 0 Å². The first kappa shape index (κ1) is 17.6. The molecule has 0 N–H and O–H groups in total. The largest absolute Gasteiger partial charge is 0.378 e. The number of anilines is 1. The van der Waals surface area contributed by atoms with Gasteiger partial charge in [-0.2, -0.15) is 9.78 Å². The molecule has 1 aliphatic heterocycles. The van der Waals surface area contributed by atoms with Crippen molar-refractivity contribution in [2.24, 2.45) is 5.10 Å². The Balaban J connectivity index is 1.41. The molecule has 5 rings (SSSR count). The van der Waals surface area contributed by atoms with Crippen LogP contribution in [0.15, 0.2) is 40.5 Å². The van der Waals surface area contributed by atoms with Crippen molar-refractivity contribution in [3.8, 4) is 0 Å². The number of ether oxygens (including phenoxy) is 1. The van der Waals surface area contributed by atoms with E-state index in [1.165, 1.54) is 33.6 Å². The Kier molecular flexibility index (Phi) is 4.70. The summed E-state index contributed by atoms with van der Waals surface area (Å²) in [6.07, 6.45) is 7.64. The molecule has 0 atom stereocenters. The first-order valence-corrected chi connectivity index (χ1v) is 10.6. The van der Waals surface area contributed by atoms with Crippen molar-refractivity contribution in [2.75, 3.05) is 31.2 Å². The van der Waals surface area contributed by atoms with Crippen LogP contribution in [-0.2, 0) is 17.6 Å². The van der Waals surface area contributed by atoms with Crippen molar-refractivity contribution < 1.29 is 4.74 Å². The second kappa shape index (κ2) is 7.48. The van der Waals surface area contributed by atoms with E-state index < -0.39 is 0 Å². The molecular formula is C21H22N4O2S. The lowest BCUT2D eigenvalue weighted by atomic mass is 9.97. The van der Waals surface area contributed by atoms with E-state index in [1.54, 1.807) is 17.6 Å². The van der Waals surface area contributed by atoms with Crippen molar-refractivity contribution in [3.05, 3.63) is 57.0 Å². The number of hydrogen-bond acceptors (Lipinski definition) is 6. The van der Waals surface area contributed by atoms with E-state index in [-0.39, 0.29) is 5.56 Å². The van der Waals surface area contributed by atoms with E-state index in [2.05, 4.69) is 27.1 Å². The summed E-state index contributed by atoms with van der Waals surface area (Å²) in [7, 11) is 0. The number of aryl methyl sites for hydroxylation is 2. The fourth-order valence-corrected chi connectivity index (χ4v) is 5.16. The zero-order valence-corrected chi connectivity index (χ0v) is 16.5. The van der Waals surface area contributed by atoms with Crippen LogP contribution in [0.5, 0.6) is 0 Å². The summed E-state index contributed by atoms with van der Waals surface area (Å²) in [5.41, 5.74) is 3.27. The van der Waals surface area contributed by atoms with Gasteiger partial charge in [-0.05, 0) is 48.9 Å². The molecule has 1 fully saturated rings. The van der Waals surface area contributed by atoms with Gasteiger partial charge in [0.25, 0.3) is 5.56 Å². The van der Waals surface area contributed by atoms with E-state index in [0.29, 0.717) is 0 Å². The third-order valence-electron chi connectivity index (χ3n) is 5.46. The SMILES string of the molecule is O=c1c2c3c(sc2ncn1/N=C/c1ccc(N2CCOCC2)cc1)CCCC3. The van der Waals surface area contributed by atoms with E-state index >= 15 is 0 Å². The number of morpholine rings is 1. The highest BCUT2D eigenvalue weighted by Gasteiger charge is 2.19. The molecule has 0 radical (unpaired) electrons. The van der Waals surface area contributed by atoms with Gasteiger partial charge in [0.1, 0.15) is 11.2 Å². The Morgan fingerprint density at radius 1 is 1.11 bits per heavy atom. The minimum atomic E-state index is -0.0643. The highest BCUT2D eigenvalue weighted by Crippen LogP contribution is 2.33. The average molecular weight is 395 g/mol. The van der Waals surface area contributed by atoms with Gasteiger partial charge in [0.2, 0.25) is 0 Å². The third-order valence-corrected chi connectivity index (χ3v) is 6.66. The van der Waals surface area contributed by atoms with E-state index in [1.807, 2.05) is 12.1 Å². The minimum absolute atomic E-state index is 0.0643. The van der Waals surface area contributed by atoms with Gasteiger partial charge >= 0.3 is 0 Å². The topological polar surface area (TPSA) is 59.7 Å². The van der Waals surface area contributed by atoms with Crippen LogP contribution in [-0.4, -0.2) is 42.2 Å². The molecule has 0 bridgehead atoms. The molecule has 0 spiro atoms. The zero-order valence-electron chi connectivity index (χ0n) is 15.6. The van der Waals surface area contributed by atoms with Gasteiger partial charge in [0, 0.05) is 23.7 Å². The monoisotopic (exact) mass is 394 g/mol. The van der Waals surface area contributed by atoms with Gasteiger partial charge in [-0.1, -0.05) is 12.1 Å². The van der Waals surface area contributed by atoms with E-state index in [9.17, 15) is 4.79 Å². The summed E-state index contributed by atoms with van der Waals surface area (Å²) in [5, 5.41) is 5.15. The van der Waals surface area contributed by atoms with Gasteiger partial charge < -0.3 is 9.64 Å². The van der Waals surface area contributed by atoms with Gasteiger partial charge in [0.05, 0.1) is 24.8 Å². The molecule has 144 valence electrons. The minimum Gasteiger partial charge on any atom is -0.378 e. The molecule has 1 aliphatic carbocycles. The summed E-state index contributed by atoms with van der Waals surface area (Å²) < 4.78 is 6.76. The van der Waals surface area contributed by atoms with Gasteiger partial charge in [-0.3, -0.25) is 4.79 Å². The van der Waals surface area contributed by atoms with Crippen LogP contribution >= 0.6 is 11.3 Å². The second-order valence-electron chi connectivity index (χ2n) is 7.22. The first-order chi connectivity index (χ1) is 13.8. The number of benzene rings is 1. The normalized spacial score (nSPS) is 17.4. The van der Waals surface area contributed by atoms with Crippen molar-refractivity contribution >= 4 is 33.5 Å². The van der Waals surface area contributed by atoms with Gasteiger partial charge in [0.15, 0.2) is 0 Å². The molecule has 1 saturated heterocycles. The molecule has 0 unspecified atom stereocenters. The van der Waals surface area contributed by atoms with E-state index in [0.717, 1.165) is 61.3 Å². The Morgan fingerprint density at radius 3 is 2.71 bits per heavy atom. The van der Waals surface area contributed by atoms with Crippen LogP contribution in [0.1, 0.15) is 28.8 Å². The number of fused-ring (bicyclic) bond motifs is 3. The fraction of sp³-hybridized carbons (Fsp3) is 0.381. The quantitative estimate of drug-likeness (QED) is 0.641. The maximum atomic E-state index is 12.9. The molecule has 0 saturated carbocycles. The van der Waals surface area contributed by atoms with Crippen LogP contribution in [0.2, 0.25) is 0 Å². The maximum absolute atomic E-state index is 12.9. The number of hydrogen-bond donors (Lipinski definition) is 0. The van der Waals surface area contributed by atoms with Crippen molar-refractivity contribution in [2.45, 2.75) is 25.7 Å². The molecule has 0 amide bonds. The summed E-state index contributed by atoms with van der Waals surface area (Å²) in [5.74, 6) is 0. The van der Waals surface area contributed by atoms with Gasteiger partial charge in [-0.15, -0.1) is 11.3 Å². The molecule has 28 heavy (non-hydrogen) atoms. The first-order valence-electron chi connectivity index (χ1n) is 9.78. The van der Waals surface area contributed by atoms with E-state index in [4.69, 9.17) is 4.74 Å². The summed E-state index contributed by atoms with van der Waals surface area (Å²) in [6.45, 7) is 3.38. The van der Waals surface area contributed by atoms with Crippen molar-refractivity contribution in [1.82, 2.24) is 9.66 Å². The van der Waals surface area contributed by atoms with Crippen molar-refractivity contribution in [3.63, 3.8) is 0 Å². The number of rotatable bonds is 3. The average Bonchev–Trinajstić information content (AvgIpc) is 3.14. The Hall–Kier alpha value is -2.51. The lowest BCUT2D eigenvalue weighted by molar-refractivity contribution is 0.122. The molecule has 3 aromatic rings. The van der Waals surface area contributed by atoms with Crippen LogP contribution in [0.25, 0.3) is 10.2 Å². The molecule has 3 heterocycles. The predicted molar refractivity (Wildman–Crippen MR) is 113 cm³/mol. The zero-order chi connectivity index (χ0) is 18.9. The third kappa shape index (κ3) is 3.25. The van der Waals surface area contributed by atoms with Crippen molar-refractivity contribution in [1.29, 1.82) is 0 Å². The number of aromatic nitrogens is 2.